The average Bonchev–Trinajstić information content (AvgIpc) is 2.28. The Bertz CT molecular complexity index is 602. The molecule has 0 saturated heterocycles. The van der Waals surface area contributed by atoms with Crippen molar-refractivity contribution in [2.45, 2.75) is 6.92 Å². The monoisotopic (exact) mass is 308 g/mol. The molecule has 0 aliphatic carbocycles. The lowest BCUT2D eigenvalue weighted by atomic mass is 10.2. The molecular weight excluding hydrogens is 300 g/mol. The standard InChI is InChI=1S/C12H9BrN2O3/c1-8-5-6-9(15(16)17)10(7-8)18-12-4-2-3-11(13)14-12/h2-7H,1H3. The predicted molar refractivity (Wildman–Crippen MR) is 69.8 cm³/mol. The number of nitro benzene ring substituents is 1. The van der Waals surface area contributed by atoms with Gasteiger partial charge in [-0.3, -0.25) is 10.1 Å². The number of nitrogens with zero attached hydrogens (tertiary/aromatic N) is 2. The van der Waals surface area contributed by atoms with Crippen LogP contribution in [0.25, 0.3) is 0 Å². The molecule has 6 heteroatoms. The third-order valence-electron chi connectivity index (χ3n) is 2.22. The van der Waals surface area contributed by atoms with Crippen LogP contribution in [0, 0.1) is 17.0 Å². The van der Waals surface area contributed by atoms with Crippen molar-refractivity contribution < 1.29 is 9.66 Å². The third-order valence-corrected chi connectivity index (χ3v) is 2.66. The Kier molecular flexibility index (Phi) is 3.57. The fourth-order valence-electron chi connectivity index (χ4n) is 1.41. The Labute approximate surface area is 112 Å². The molecular formula is C12H9BrN2O3. The Balaban J connectivity index is 2.39. The van der Waals surface area contributed by atoms with E-state index in [1.807, 2.05) is 6.92 Å². The highest BCUT2D eigenvalue weighted by Crippen LogP contribution is 2.31. The fraction of sp³-hybridized carbons (Fsp3) is 0.0833. The Hall–Kier alpha value is -1.95. The van der Waals surface area contributed by atoms with E-state index in [9.17, 15) is 10.1 Å². The molecule has 0 unspecified atom stereocenters. The van der Waals surface area contributed by atoms with E-state index in [0.29, 0.717) is 10.5 Å². The number of hydrogen-bond acceptors (Lipinski definition) is 4. The molecule has 0 fully saturated rings. The smallest absolute Gasteiger partial charge is 0.311 e. The number of halogens is 1. The molecule has 0 bridgehead atoms. The van der Waals surface area contributed by atoms with Gasteiger partial charge < -0.3 is 4.74 Å². The number of benzene rings is 1. The van der Waals surface area contributed by atoms with Crippen LogP contribution in [0.1, 0.15) is 5.56 Å². The van der Waals surface area contributed by atoms with Crippen LogP contribution in [0.5, 0.6) is 11.6 Å². The summed E-state index contributed by atoms with van der Waals surface area (Å²) in [5.74, 6) is 0.490. The van der Waals surface area contributed by atoms with Gasteiger partial charge in [-0.15, -0.1) is 0 Å². The average molecular weight is 309 g/mol. The van der Waals surface area contributed by atoms with Crippen molar-refractivity contribution in [2.24, 2.45) is 0 Å². The van der Waals surface area contributed by atoms with Gasteiger partial charge in [0.25, 0.3) is 0 Å². The van der Waals surface area contributed by atoms with Gasteiger partial charge in [0.2, 0.25) is 11.6 Å². The summed E-state index contributed by atoms with van der Waals surface area (Å²) in [4.78, 5) is 14.5. The van der Waals surface area contributed by atoms with E-state index in [-0.39, 0.29) is 11.4 Å². The maximum absolute atomic E-state index is 10.9. The maximum atomic E-state index is 10.9. The van der Waals surface area contributed by atoms with Crippen LogP contribution < -0.4 is 4.74 Å². The first-order valence-electron chi connectivity index (χ1n) is 5.12. The van der Waals surface area contributed by atoms with Crippen LogP contribution in [-0.2, 0) is 0 Å². The Morgan fingerprint density at radius 1 is 1.33 bits per heavy atom. The van der Waals surface area contributed by atoms with Crippen LogP contribution in [0.4, 0.5) is 5.69 Å². The second kappa shape index (κ2) is 5.14. The first kappa shape index (κ1) is 12.5. The van der Waals surface area contributed by atoms with Crippen molar-refractivity contribution in [3.8, 4) is 11.6 Å². The Morgan fingerprint density at radius 3 is 2.78 bits per heavy atom. The molecule has 0 atom stereocenters. The van der Waals surface area contributed by atoms with E-state index in [0.717, 1.165) is 5.56 Å². The topological polar surface area (TPSA) is 65.3 Å². The number of aromatic nitrogens is 1. The lowest BCUT2D eigenvalue weighted by Crippen LogP contribution is -1.95. The molecule has 0 saturated carbocycles. The molecule has 18 heavy (non-hydrogen) atoms. The summed E-state index contributed by atoms with van der Waals surface area (Å²) in [5, 5.41) is 10.9. The second-order valence-electron chi connectivity index (χ2n) is 3.63. The number of nitro groups is 1. The second-order valence-corrected chi connectivity index (χ2v) is 4.44. The van der Waals surface area contributed by atoms with Gasteiger partial charge in [-0.05, 0) is 40.5 Å². The van der Waals surface area contributed by atoms with Crippen molar-refractivity contribution in [3.05, 3.63) is 56.7 Å². The molecule has 0 N–H and O–H groups in total. The van der Waals surface area contributed by atoms with Crippen molar-refractivity contribution in [1.29, 1.82) is 0 Å². The summed E-state index contributed by atoms with van der Waals surface area (Å²) in [7, 11) is 0. The minimum absolute atomic E-state index is 0.0811. The normalized spacial score (nSPS) is 10.1. The van der Waals surface area contributed by atoms with Crippen LogP contribution in [0.3, 0.4) is 0 Å². The number of aryl methyl sites for hydroxylation is 1. The number of rotatable bonds is 3. The highest BCUT2D eigenvalue weighted by Gasteiger charge is 2.16. The summed E-state index contributed by atoms with van der Waals surface area (Å²) in [6, 6.07) is 9.82. The molecule has 0 radical (unpaired) electrons. The van der Waals surface area contributed by atoms with E-state index in [4.69, 9.17) is 4.74 Å². The molecule has 1 aromatic carbocycles. The van der Waals surface area contributed by atoms with Crippen LogP contribution >= 0.6 is 15.9 Å². The summed E-state index contributed by atoms with van der Waals surface area (Å²) >= 11 is 3.21. The van der Waals surface area contributed by atoms with E-state index in [2.05, 4.69) is 20.9 Å². The maximum Gasteiger partial charge on any atom is 0.311 e. The molecule has 92 valence electrons. The highest BCUT2D eigenvalue weighted by molar-refractivity contribution is 9.10. The van der Waals surface area contributed by atoms with Crippen LogP contribution in [0.2, 0.25) is 0 Å². The number of pyridine rings is 1. The highest BCUT2D eigenvalue weighted by atomic mass is 79.9. The van der Waals surface area contributed by atoms with Gasteiger partial charge in [0.1, 0.15) is 4.60 Å². The fourth-order valence-corrected chi connectivity index (χ4v) is 1.74. The zero-order valence-corrected chi connectivity index (χ0v) is 11.0. The lowest BCUT2D eigenvalue weighted by Gasteiger charge is -2.06. The summed E-state index contributed by atoms with van der Waals surface area (Å²) in [6.45, 7) is 1.84. The Morgan fingerprint density at radius 2 is 2.11 bits per heavy atom. The van der Waals surface area contributed by atoms with Crippen LogP contribution in [-0.4, -0.2) is 9.91 Å². The largest absolute Gasteiger partial charge is 0.432 e. The van der Waals surface area contributed by atoms with Gasteiger partial charge >= 0.3 is 5.69 Å². The van der Waals surface area contributed by atoms with Crippen molar-refractivity contribution in [2.75, 3.05) is 0 Å². The quantitative estimate of drug-likeness (QED) is 0.490. The van der Waals surface area contributed by atoms with E-state index in [1.165, 1.54) is 6.07 Å². The minimum atomic E-state index is -0.479. The van der Waals surface area contributed by atoms with Gasteiger partial charge in [0, 0.05) is 12.1 Å². The van der Waals surface area contributed by atoms with Gasteiger partial charge in [-0.2, -0.15) is 0 Å². The molecule has 2 aromatic rings. The summed E-state index contributed by atoms with van der Waals surface area (Å²) in [5.41, 5.74) is 0.799. The molecule has 1 aromatic heterocycles. The molecule has 2 rings (SSSR count). The summed E-state index contributed by atoms with van der Waals surface area (Å²) in [6.07, 6.45) is 0. The van der Waals surface area contributed by atoms with Crippen molar-refractivity contribution in [1.82, 2.24) is 4.98 Å². The van der Waals surface area contributed by atoms with Gasteiger partial charge in [0.05, 0.1) is 4.92 Å². The van der Waals surface area contributed by atoms with E-state index >= 15 is 0 Å². The SMILES string of the molecule is Cc1ccc([N+](=O)[O-])c(Oc2cccc(Br)n2)c1. The third kappa shape index (κ3) is 2.84. The van der Waals surface area contributed by atoms with Gasteiger partial charge in [-0.25, -0.2) is 4.98 Å². The predicted octanol–water partition coefficient (Wildman–Crippen LogP) is 3.85. The minimum Gasteiger partial charge on any atom is -0.432 e. The number of hydrogen-bond donors (Lipinski definition) is 0. The molecule has 0 aliphatic rings. The van der Waals surface area contributed by atoms with E-state index in [1.54, 1.807) is 30.3 Å². The molecule has 1 heterocycles. The van der Waals surface area contributed by atoms with Crippen molar-refractivity contribution >= 4 is 21.6 Å². The van der Waals surface area contributed by atoms with Gasteiger partial charge in [0.15, 0.2) is 0 Å². The van der Waals surface area contributed by atoms with E-state index < -0.39 is 4.92 Å². The zero-order chi connectivity index (χ0) is 13.1. The summed E-state index contributed by atoms with van der Waals surface area (Å²) < 4.78 is 6.06. The first-order chi connectivity index (χ1) is 8.56. The molecule has 0 spiro atoms. The van der Waals surface area contributed by atoms with Crippen molar-refractivity contribution in [3.63, 3.8) is 0 Å². The number of ether oxygens (including phenoxy) is 1. The lowest BCUT2D eigenvalue weighted by molar-refractivity contribution is -0.385. The molecule has 0 amide bonds. The van der Waals surface area contributed by atoms with Gasteiger partial charge in [-0.1, -0.05) is 12.1 Å². The van der Waals surface area contributed by atoms with Crippen LogP contribution in [0.15, 0.2) is 41.0 Å². The molecule has 5 nitrogen and oxygen atoms in total. The molecule has 0 aliphatic heterocycles. The zero-order valence-electron chi connectivity index (χ0n) is 9.46. The first-order valence-corrected chi connectivity index (χ1v) is 5.91.